The van der Waals surface area contributed by atoms with E-state index in [2.05, 4.69) is 59.9 Å². The van der Waals surface area contributed by atoms with E-state index in [1.165, 1.54) is 39.9 Å². The average Bonchev–Trinajstić information content (AvgIpc) is 2.98. The predicted octanol–water partition coefficient (Wildman–Crippen LogP) is 4.42. The lowest BCUT2D eigenvalue weighted by atomic mass is 9.95. The first-order valence-corrected chi connectivity index (χ1v) is 7.07. The summed E-state index contributed by atoms with van der Waals surface area (Å²) in [5, 5.41) is 9.03. The Bertz CT molecular complexity index is 739. The van der Waals surface area contributed by atoms with Crippen LogP contribution in [0.3, 0.4) is 0 Å². The molecule has 0 aliphatic carbocycles. The van der Waals surface area contributed by atoms with Crippen LogP contribution < -0.4 is 5.32 Å². The van der Waals surface area contributed by atoms with Crippen molar-refractivity contribution in [2.24, 2.45) is 0 Å². The van der Waals surface area contributed by atoms with Crippen molar-refractivity contribution in [3.8, 4) is 0 Å². The second kappa shape index (κ2) is 4.36. The van der Waals surface area contributed by atoms with E-state index < -0.39 is 0 Å². The minimum Gasteiger partial charge on any atom is -0.310 e. The maximum Gasteiger partial charge on any atom is 0.0326 e. The molecule has 1 unspecified atom stereocenters. The first-order chi connectivity index (χ1) is 9.42. The highest BCUT2D eigenvalue weighted by atomic mass is 14.9. The lowest BCUT2D eigenvalue weighted by Gasteiger charge is -2.14. The number of hydrogen-bond donors (Lipinski definition) is 1. The molecule has 1 N–H and O–H groups in total. The van der Waals surface area contributed by atoms with Crippen molar-refractivity contribution in [3.63, 3.8) is 0 Å². The molecule has 0 aromatic heterocycles. The van der Waals surface area contributed by atoms with Crippen LogP contribution in [0.15, 0.2) is 54.6 Å². The maximum atomic E-state index is 3.61. The highest BCUT2D eigenvalue weighted by Crippen LogP contribution is 2.32. The smallest absolute Gasteiger partial charge is 0.0326 e. The van der Waals surface area contributed by atoms with Crippen molar-refractivity contribution < 1.29 is 0 Å². The second-order valence-corrected chi connectivity index (χ2v) is 5.42. The van der Waals surface area contributed by atoms with E-state index >= 15 is 0 Å². The van der Waals surface area contributed by atoms with Gasteiger partial charge in [-0.15, -0.1) is 0 Å². The first-order valence-electron chi connectivity index (χ1n) is 7.07. The van der Waals surface area contributed by atoms with Crippen molar-refractivity contribution in [2.75, 3.05) is 6.54 Å². The zero-order valence-electron chi connectivity index (χ0n) is 10.9. The van der Waals surface area contributed by atoms with Crippen molar-refractivity contribution in [1.82, 2.24) is 5.32 Å². The highest BCUT2D eigenvalue weighted by Gasteiger charge is 2.18. The normalized spacial score (nSPS) is 19.3. The third-order valence-corrected chi connectivity index (χ3v) is 4.22. The van der Waals surface area contributed by atoms with Gasteiger partial charge in [0.05, 0.1) is 0 Å². The van der Waals surface area contributed by atoms with Crippen LogP contribution in [0.1, 0.15) is 24.4 Å². The summed E-state index contributed by atoms with van der Waals surface area (Å²) in [6, 6.07) is 20.5. The summed E-state index contributed by atoms with van der Waals surface area (Å²) >= 11 is 0. The van der Waals surface area contributed by atoms with Crippen molar-refractivity contribution in [1.29, 1.82) is 0 Å². The molecule has 0 radical (unpaired) electrons. The molecule has 4 rings (SSSR count). The molecule has 3 aromatic carbocycles. The van der Waals surface area contributed by atoms with E-state index in [9.17, 15) is 0 Å². The molecule has 1 saturated heterocycles. The second-order valence-electron chi connectivity index (χ2n) is 5.42. The van der Waals surface area contributed by atoms with Crippen LogP contribution in [0, 0.1) is 0 Å². The van der Waals surface area contributed by atoms with Gasteiger partial charge in [0, 0.05) is 6.04 Å². The molecule has 0 saturated carbocycles. The summed E-state index contributed by atoms with van der Waals surface area (Å²) in [4.78, 5) is 0. The summed E-state index contributed by atoms with van der Waals surface area (Å²) in [6.45, 7) is 1.15. The molecule has 1 aliphatic heterocycles. The Kier molecular flexibility index (Phi) is 2.52. The molecule has 0 spiro atoms. The van der Waals surface area contributed by atoms with Gasteiger partial charge in [0.1, 0.15) is 0 Å². The summed E-state index contributed by atoms with van der Waals surface area (Å²) < 4.78 is 0. The quantitative estimate of drug-likeness (QED) is 0.628. The van der Waals surface area contributed by atoms with Gasteiger partial charge in [-0.05, 0) is 58.6 Å². The Morgan fingerprint density at radius 3 is 2.42 bits per heavy atom. The Morgan fingerprint density at radius 1 is 0.842 bits per heavy atom. The van der Waals surface area contributed by atoms with Gasteiger partial charge in [0.25, 0.3) is 0 Å². The lowest BCUT2D eigenvalue weighted by Crippen LogP contribution is -2.13. The van der Waals surface area contributed by atoms with Gasteiger partial charge in [-0.1, -0.05) is 42.5 Å². The van der Waals surface area contributed by atoms with Gasteiger partial charge >= 0.3 is 0 Å². The van der Waals surface area contributed by atoms with Gasteiger partial charge in [0.2, 0.25) is 0 Å². The van der Waals surface area contributed by atoms with Crippen molar-refractivity contribution in [2.45, 2.75) is 18.9 Å². The van der Waals surface area contributed by atoms with Crippen LogP contribution in [0.2, 0.25) is 0 Å². The number of hydrogen-bond acceptors (Lipinski definition) is 1. The van der Waals surface area contributed by atoms with E-state index in [0.29, 0.717) is 6.04 Å². The fourth-order valence-electron chi connectivity index (χ4n) is 3.24. The summed E-state index contributed by atoms with van der Waals surface area (Å²) in [5.41, 5.74) is 1.46. The van der Waals surface area contributed by atoms with Crippen molar-refractivity contribution >= 4 is 21.5 Å². The third kappa shape index (κ3) is 1.82. The van der Waals surface area contributed by atoms with Gasteiger partial charge < -0.3 is 5.32 Å². The minimum absolute atomic E-state index is 0.532. The minimum atomic E-state index is 0.532. The van der Waals surface area contributed by atoms with Crippen molar-refractivity contribution in [3.05, 3.63) is 60.2 Å². The molecule has 1 heteroatoms. The summed E-state index contributed by atoms with van der Waals surface area (Å²) in [6.07, 6.45) is 2.54. The van der Waals surface area contributed by atoms with Crippen LogP contribution in [-0.2, 0) is 0 Å². The largest absolute Gasteiger partial charge is 0.310 e. The zero-order chi connectivity index (χ0) is 12.7. The fraction of sp³-hybridized carbons (Fsp3) is 0.222. The average molecular weight is 247 g/mol. The van der Waals surface area contributed by atoms with Gasteiger partial charge in [-0.2, -0.15) is 0 Å². The van der Waals surface area contributed by atoms with E-state index in [1.807, 2.05) is 0 Å². The van der Waals surface area contributed by atoms with E-state index in [4.69, 9.17) is 0 Å². The molecule has 1 aliphatic rings. The molecule has 3 aromatic rings. The van der Waals surface area contributed by atoms with E-state index in [0.717, 1.165) is 6.54 Å². The number of rotatable bonds is 1. The zero-order valence-corrected chi connectivity index (χ0v) is 10.9. The number of nitrogens with one attached hydrogen (secondary N) is 1. The summed E-state index contributed by atoms with van der Waals surface area (Å²) in [7, 11) is 0. The standard InChI is InChI=1S/C18H17N/c1-2-6-14-12-17-15(11-13(14)5-1)7-3-8-16(17)18-9-4-10-19-18/h1-3,5-8,11-12,18-19H,4,9-10H2. The van der Waals surface area contributed by atoms with Crippen LogP contribution in [0.5, 0.6) is 0 Å². The van der Waals surface area contributed by atoms with E-state index in [-0.39, 0.29) is 0 Å². The third-order valence-electron chi connectivity index (χ3n) is 4.22. The maximum absolute atomic E-state index is 3.61. The SMILES string of the molecule is c1ccc2cc3c(C4CCCN4)cccc3cc2c1. The van der Waals surface area contributed by atoms with Gasteiger partial charge in [0.15, 0.2) is 0 Å². The molecule has 1 heterocycles. The number of fused-ring (bicyclic) bond motifs is 2. The molecular weight excluding hydrogens is 230 g/mol. The number of benzene rings is 3. The van der Waals surface area contributed by atoms with Crippen LogP contribution >= 0.6 is 0 Å². The van der Waals surface area contributed by atoms with E-state index in [1.54, 1.807) is 0 Å². The molecule has 0 bridgehead atoms. The Balaban J connectivity index is 2.00. The monoisotopic (exact) mass is 247 g/mol. The Morgan fingerprint density at radius 2 is 1.63 bits per heavy atom. The lowest BCUT2D eigenvalue weighted by molar-refractivity contribution is 0.653. The van der Waals surface area contributed by atoms with Crippen LogP contribution in [-0.4, -0.2) is 6.54 Å². The Hall–Kier alpha value is -1.86. The Labute approximate surface area is 113 Å². The molecule has 1 fully saturated rings. The molecule has 1 nitrogen and oxygen atoms in total. The molecular formula is C18H17N. The fourth-order valence-corrected chi connectivity index (χ4v) is 3.24. The molecule has 1 atom stereocenters. The first kappa shape index (κ1) is 11.0. The molecule has 0 amide bonds. The predicted molar refractivity (Wildman–Crippen MR) is 81.4 cm³/mol. The van der Waals surface area contributed by atoms with Gasteiger partial charge in [-0.25, -0.2) is 0 Å². The van der Waals surface area contributed by atoms with Crippen LogP contribution in [0.25, 0.3) is 21.5 Å². The topological polar surface area (TPSA) is 12.0 Å². The van der Waals surface area contributed by atoms with Gasteiger partial charge in [-0.3, -0.25) is 0 Å². The molecule has 19 heavy (non-hydrogen) atoms. The highest BCUT2D eigenvalue weighted by molar-refractivity contribution is 5.99. The summed E-state index contributed by atoms with van der Waals surface area (Å²) in [5.74, 6) is 0. The van der Waals surface area contributed by atoms with Crippen LogP contribution in [0.4, 0.5) is 0 Å². The molecule has 94 valence electrons.